The highest BCUT2D eigenvalue weighted by atomic mass is 79.9. The van der Waals surface area contributed by atoms with Gasteiger partial charge in [0.15, 0.2) is 0 Å². The monoisotopic (exact) mass is 326 g/mol. The van der Waals surface area contributed by atoms with Crippen LogP contribution in [0, 0.1) is 5.92 Å². The van der Waals surface area contributed by atoms with Crippen LogP contribution in [0.2, 0.25) is 0 Å². The Morgan fingerprint density at radius 2 is 2.11 bits per heavy atom. The van der Waals surface area contributed by atoms with Gasteiger partial charge >= 0.3 is 0 Å². The summed E-state index contributed by atoms with van der Waals surface area (Å²) in [7, 11) is 1.86. The lowest BCUT2D eigenvalue weighted by Gasteiger charge is -2.32. The molecular formula is C14H23BrN4. The first kappa shape index (κ1) is 14.6. The molecule has 0 saturated heterocycles. The van der Waals surface area contributed by atoms with Gasteiger partial charge in [0.05, 0.1) is 4.47 Å². The molecule has 1 saturated carbocycles. The van der Waals surface area contributed by atoms with Crippen LogP contribution in [0.15, 0.2) is 10.7 Å². The summed E-state index contributed by atoms with van der Waals surface area (Å²) in [5, 5.41) is 3.02. The summed E-state index contributed by atoms with van der Waals surface area (Å²) < 4.78 is 0.985. The molecular weight excluding hydrogens is 304 g/mol. The minimum atomic E-state index is 0.623. The molecule has 0 spiro atoms. The molecule has 0 bridgehead atoms. The summed E-state index contributed by atoms with van der Waals surface area (Å²) in [6, 6.07) is 0.623. The summed E-state index contributed by atoms with van der Waals surface area (Å²) in [6.07, 6.45) is 7.06. The van der Waals surface area contributed by atoms with Crippen molar-refractivity contribution >= 4 is 27.7 Å². The molecule has 5 heteroatoms. The lowest BCUT2D eigenvalue weighted by Crippen LogP contribution is -2.37. The molecule has 0 atom stereocenters. The van der Waals surface area contributed by atoms with Gasteiger partial charge in [0.1, 0.15) is 5.82 Å². The van der Waals surface area contributed by atoms with Gasteiger partial charge < -0.3 is 10.2 Å². The van der Waals surface area contributed by atoms with Gasteiger partial charge in [0.25, 0.3) is 0 Å². The number of nitrogens with one attached hydrogen (secondary N) is 1. The van der Waals surface area contributed by atoms with E-state index >= 15 is 0 Å². The lowest BCUT2D eigenvalue weighted by molar-refractivity contribution is 0.530. The zero-order valence-corrected chi connectivity index (χ0v) is 13.6. The predicted molar refractivity (Wildman–Crippen MR) is 83.7 cm³/mol. The van der Waals surface area contributed by atoms with Crippen LogP contribution in [0.4, 0.5) is 11.8 Å². The molecule has 0 aliphatic heterocycles. The maximum atomic E-state index is 4.65. The first-order valence-electron chi connectivity index (χ1n) is 7.08. The molecule has 1 aromatic rings. The molecule has 4 nitrogen and oxygen atoms in total. The minimum Gasteiger partial charge on any atom is -0.357 e. The predicted octanol–water partition coefficient (Wildman–Crippen LogP) is 3.69. The van der Waals surface area contributed by atoms with Crippen LogP contribution in [0.1, 0.15) is 39.5 Å². The minimum absolute atomic E-state index is 0.623. The molecule has 1 aliphatic rings. The second kappa shape index (κ2) is 6.55. The third kappa shape index (κ3) is 3.59. The Balaban J connectivity index is 2.30. The van der Waals surface area contributed by atoms with E-state index in [2.05, 4.69) is 50.0 Å². The van der Waals surface area contributed by atoms with E-state index in [0.717, 1.165) is 16.8 Å². The Morgan fingerprint density at radius 3 is 2.68 bits per heavy atom. The summed E-state index contributed by atoms with van der Waals surface area (Å²) in [6.45, 7) is 5.56. The molecule has 2 rings (SSSR count). The van der Waals surface area contributed by atoms with Crippen molar-refractivity contribution < 1.29 is 0 Å². The largest absolute Gasteiger partial charge is 0.357 e. The van der Waals surface area contributed by atoms with Gasteiger partial charge in [-0.2, -0.15) is 4.98 Å². The molecule has 19 heavy (non-hydrogen) atoms. The molecule has 0 amide bonds. The van der Waals surface area contributed by atoms with E-state index in [4.69, 9.17) is 0 Å². The van der Waals surface area contributed by atoms with Crippen LogP contribution < -0.4 is 10.2 Å². The standard InChI is InChI=1S/C14H23BrN4/c1-10(2)9-19(11-6-4-5-7-11)13-12(15)8-17-14(16-3)18-13/h8,10-11H,4-7,9H2,1-3H3,(H,16,17,18). The van der Waals surface area contributed by atoms with Crippen LogP contribution in [0.25, 0.3) is 0 Å². The van der Waals surface area contributed by atoms with Crippen LogP contribution in [-0.2, 0) is 0 Å². The van der Waals surface area contributed by atoms with Crippen molar-refractivity contribution in [2.75, 3.05) is 23.8 Å². The van der Waals surface area contributed by atoms with Gasteiger partial charge in [-0.3, -0.25) is 0 Å². The van der Waals surface area contributed by atoms with E-state index in [9.17, 15) is 0 Å². The van der Waals surface area contributed by atoms with E-state index in [1.807, 2.05) is 13.2 Å². The zero-order chi connectivity index (χ0) is 13.8. The number of aromatic nitrogens is 2. The SMILES string of the molecule is CNc1ncc(Br)c(N(CC(C)C)C2CCCC2)n1. The fraction of sp³-hybridized carbons (Fsp3) is 0.714. The fourth-order valence-electron chi connectivity index (χ4n) is 2.70. The number of nitrogens with zero attached hydrogens (tertiary/aromatic N) is 3. The van der Waals surface area contributed by atoms with Crippen LogP contribution in [0.3, 0.4) is 0 Å². The highest BCUT2D eigenvalue weighted by Gasteiger charge is 2.26. The first-order chi connectivity index (χ1) is 9.11. The highest BCUT2D eigenvalue weighted by Crippen LogP contribution is 2.32. The average molecular weight is 327 g/mol. The van der Waals surface area contributed by atoms with Crippen molar-refractivity contribution in [3.8, 4) is 0 Å². The van der Waals surface area contributed by atoms with E-state index in [1.165, 1.54) is 25.7 Å². The quantitative estimate of drug-likeness (QED) is 0.896. The number of anilines is 2. The van der Waals surface area contributed by atoms with E-state index in [0.29, 0.717) is 17.9 Å². The number of hydrogen-bond acceptors (Lipinski definition) is 4. The van der Waals surface area contributed by atoms with Gasteiger partial charge in [-0.25, -0.2) is 4.98 Å². The molecule has 1 fully saturated rings. The Hall–Kier alpha value is -0.840. The van der Waals surface area contributed by atoms with Crippen molar-refractivity contribution in [1.82, 2.24) is 9.97 Å². The molecule has 106 valence electrons. The smallest absolute Gasteiger partial charge is 0.224 e. The first-order valence-corrected chi connectivity index (χ1v) is 7.88. The molecule has 1 N–H and O–H groups in total. The fourth-order valence-corrected chi connectivity index (χ4v) is 3.12. The number of halogens is 1. The van der Waals surface area contributed by atoms with Gasteiger partial charge in [0.2, 0.25) is 5.95 Å². The van der Waals surface area contributed by atoms with Gasteiger partial charge in [-0.1, -0.05) is 26.7 Å². The molecule has 1 aliphatic carbocycles. The second-order valence-electron chi connectivity index (χ2n) is 5.60. The lowest BCUT2D eigenvalue weighted by atomic mass is 10.1. The van der Waals surface area contributed by atoms with Crippen LogP contribution in [0.5, 0.6) is 0 Å². The topological polar surface area (TPSA) is 41.1 Å². The molecule has 0 aromatic carbocycles. The summed E-state index contributed by atoms with van der Waals surface area (Å²) in [5.74, 6) is 2.34. The molecule has 1 aromatic heterocycles. The van der Waals surface area contributed by atoms with Gasteiger partial charge in [-0.05, 0) is 34.7 Å². The van der Waals surface area contributed by atoms with E-state index < -0.39 is 0 Å². The third-order valence-electron chi connectivity index (χ3n) is 3.55. The van der Waals surface area contributed by atoms with Crippen molar-refractivity contribution in [2.45, 2.75) is 45.6 Å². The van der Waals surface area contributed by atoms with Crippen LogP contribution in [-0.4, -0.2) is 29.6 Å². The van der Waals surface area contributed by atoms with Crippen LogP contribution >= 0.6 is 15.9 Å². The van der Waals surface area contributed by atoms with Crippen molar-refractivity contribution in [2.24, 2.45) is 5.92 Å². The Morgan fingerprint density at radius 1 is 1.42 bits per heavy atom. The number of hydrogen-bond donors (Lipinski definition) is 1. The average Bonchev–Trinajstić information content (AvgIpc) is 2.90. The van der Waals surface area contributed by atoms with E-state index in [1.54, 1.807) is 0 Å². The second-order valence-corrected chi connectivity index (χ2v) is 6.45. The third-order valence-corrected chi connectivity index (χ3v) is 4.11. The maximum absolute atomic E-state index is 4.65. The van der Waals surface area contributed by atoms with Crippen molar-refractivity contribution in [3.63, 3.8) is 0 Å². The summed E-state index contributed by atoms with van der Waals surface area (Å²) in [4.78, 5) is 11.4. The Bertz CT molecular complexity index is 416. The summed E-state index contributed by atoms with van der Waals surface area (Å²) in [5.41, 5.74) is 0. The van der Waals surface area contributed by atoms with Gasteiger partial charge in [0, 0.05) is 25.8 Å². The summed E-state index contributed by atoms with van der Waals surface area (Å²) >= 11 is 3.60. The van der Waals surface area contributed by atoms with E-state index in [-0.39, 0.29) is 0 Å². The van der Waals surface area contributed by atoms with Crippen molar-refractivity contribution in [1.29, 1.82) is 0 Å². The normalized spacial score (nSPS) is 16.1. The molecule has 0 radical (unpaired) electrons. The maximum Gasteiger partial charge on any atom is 0.224 e. The zero-order valence-electron chi connectivity index (χ0n) is 12.0. The molecule has 0 unspecified atom stereocenters. The highest BCUT2D eigenvalue weighted by molar-refractivity contribution is 9.10. The van der Waals surface area contributed by atoms with Gasteiger partial charge in [-0.15, -0.1) is 0 Å². The van der Waals surface area contributed by atoms with Crippen molar-refractivity contribution in [3.05, 3.63) is 10.7 Å². The Labute approximate surface area is 124 Å². The Kier molecular flexibility index (Phi) is 5.02. The molecule has 1 heterocycles. The number of rotatable bonds is 5.